The van der Waals surface area contributed by atoms with Crippen LogP contribution in [0.5, 0.6) is 5.88 Å². The number of ether oxygens (including phenoxy) is 2. The Bertz CT molecular complexity index is 1170. The van der Waals surface area contributed by atoms with Crippen LogP contribution in [-0.2, 0) is 16.3 Å². The van der Waals surface area contributed by atoms with Gasteiger partial charge in [-0.2, -0.15) is 0 Å². The molecule has 0 unspecified atom stereocenters. The standard InChI is InChI=1S/C24H31FN4O3Si/c1-15-21(17-7-6-10-26-24(17)31-2)16-8-9-20(28-23(30)18-13-19(18)25)27-22(16)29(15)14-32-11-12-33(3,4)5/h6-10,18-19H,11-14H2,1-5H3,(H,27,28,30)/t18-,19+/m1/s1. The Kier molecular flexibility index (Phi) is 6.53. The SMILES string of the molecule is COc1ncccc1-c1c(C)n(COCC[Si](C)(C)C)c2nc(NC(=O)[C@@H]3C[C@@H]3F)ccc12. The molecule has 1 N–H and O–H groups in total. The van der Waals surface area contributed by atoms with Gasteiger partial charge in [-0.3, -0.25) is 4.79 Å². The molecule has 0 bridgehead atoms. The molecule has 0 aromatic carbocycles. The summed E-state index contributed by atoms with van der Waals surface area (Å²) in [5.41, 5.74) is 3.47. The third-order valence-electron chi connectivity index (χ3n) is 5.92. The van der Waals surface area contributed by atoms with Crippen molar-refractivity contribution in [2.45, 2.75) is 51.9 Å². The number of alkyl halides is 1. The van der Waals surface area contributed by atoms with Gasteiger partial charge in [-0.05, 0) is 43.7 Å². The van der Waals surface area contributed by atoms with E-state index in [0.29, 0.717) is 30.7 Å². The van der Waals surface area contributed by atoms with Crippen molar-refractivity contribution in [3.63, 3.8) is 0 Å². The van der Waals surface area contributed by atoms with Crippen LogP contribution in [0, 0.1) is 12.8 Å². The largest absolute Gasteiger partial charge is 0.481 e. The normalized spacial score (nSPS) is 17.9. The van der Waals surface area contributed by atoms with E-state index < -0.39 is 20.2 Å². The fourth-order valence-corrected chi connectivity index (χ4v) is 4.59. The van der Waals surface area contributed by atoms with Crippen molar-refractivity contribution in [1.82, 2.24) is 14.5 Å². The van der Waals surface area contributed by atoms with Gasteiger partial charge >= 0.3 is 0 Å². The Morgan fingerprint density at radius 2 is 2.06 bits per heavy atom. The summed E-state index contributed by atoms with van der Waals surface area (Å²) in [5, 5.41) is 3.66. The molecule has 7 nitrogen and oxygen atoms in total. The van der Waals surface area contributed by atoms with Crippen LogP contribution in [0.2, 0.25) is 25.7 Å². The van der Waals surface area contributed by atoms with Gasteiger partial charge in [0.15, 0.2) is 0 Å². The van der Waals surface area contributed by atoms with Gasteiger partial charge in [0, 0.05) is 43.1 Å². The number of fused-ring (bicyclic) bond motifs is 1. The van der Waals surface area contributed by atoms with Gasteiger partial charge in [0.05, 0.1) is 13.0 Å². The first-order valence-corrected chi connectivity index (χ1v) is 14.9. The average Bonchev–Trinajstić information content (AvgIpc) is 3.44. The highest BCUT2D eigenvalue weighted by atomic mass is 28.3. The minimum atomic E-state index is -1.21. The number of carbonyl (C=O) groups is 1. The maximum absolute atomic E-state index is 13.3. The maximum Gasteiger partial charge on any atom is 0.231 e. The average molecular weight is 471 g/mol. The van der Waals surface area contributed by atoms with Crippen molar-refractivity contribution in [2.75, 3.05) is 19.0 Å². The number of anilines is 1. The molecular formula is C24H31FN4O3Si. The summed E-state index contributed by atoms with van der Waals surface area (Å²) in [7, 11) is 0.386. The van der Waals surface area contributed by atoms with E-state index in [9.17, 15) is 9.18 Å². The molecule has 3 aromatic heterocycles. The molecule has 0 spiro atoms. The van der Waals surface area contributed by atoms with Gasteiger partial charge in [-0.15, -0.1) is 0 Å². The third kappa shape index (κ3) is 5.09. The summed E-state index contributed by atoms with van der Waals surface area (Å²) in [6, 6.07) is 8.57. The lowest BCUT2D eigenvalue weighted by Crippen LogP contribution is -2.22. The highest BCUT2D eigenvalue weighted by Gasteiger charge is 2.43. The number of amides is 1. The Labute approximate surface area is 194 Å². The van der Waals surface area contributed by atoms with Gasteiger partial charge in [-0.25, -0.2) is 14.4 Å². The first-order chi connectivity index (χ1) is 15.7. The van der Waals surface area contributed by atoms with Crippen LogP contribution in [0.4, 0.5) is 10.2 Å². The molecule has 0 saturated heterocycles. The van der Waals surface area contributed by atoms with Crippen LogP contribution in [0.25, 0.3) is 22.2 Å². The van der Waals surface area contributed by atoms with Crippen LogP contribution in [-0.4, -0.2) is 48.4 Å². The predicted octanol–water partition coefficient (Wildman–Crippen LogP) is 5.02. The van der Waals surface area contributed by atoms with Crippen LogP contribution in [0.1, 0.15) is 12.1 Å². The fraction of sp³-hybridized carbons (Fsp3) is 0.458. The minimum Gasteiger partial charge on any atom is -0.481 e. The number of aromatic nitrogens is 3. The number of methoxy groups -OCH3 is 1. The molecule has 4 rings (SSSR count). The van der Waals surface area contributed by atoms with Crippen molar-refractivity contribution in [3.8, 4) is 17.0 Å². The lowest BCUT2D eigenvalue weighted by atomic mass is 10.0. The molecule has 0 aliphatic heterocycles. The first kappa shape index (κ1) is 23.4. The lowest BCUT2D eigenvalue weighted by molar-refractivity contribution is -0.117. The summed E-state index contributed by atoms with van der Waals surface area (Å²) in [4.78, 5) is 21.3. The predicted molar refractivity (Wildman–Crippen MR) is 130 cm³/mol. The molecule has 3 aromatic rings. The number of nitrogens with zero attached hydrogens (tertiary/aromatic N) is 3. The van der Waals surface area contributed by atoms with Crippen molar-refractivity contribution < 1.29 is 18.7 Å². The Morgan fingerprint density at radius 3 is 2.73 bits per heavy atom. The Hall–Kier alpha value is -2.78. The van der Waals surface area contributed by atoms with Crippen molar-refractivity contribution in [1.29, 1.82) is 0 Å². The number of halogens is 1. The summed E-state index contributed by atoms with van der Waals surface area (Å²) >= 11 is 0. The molecule has 1 saturated carbocycles. The van der Waals surface area contributed by atoms with E-state index in [1.165, 1.54) is 0 Å². The Morgan fingerprint density at radius 1 is 1.30 bits per heavy atom. The van der Waals surface area contributed by atoms with Gasteiger partial charge in [-0.1, -0.05) is 19.6 Å². The molecular weight excluding hydrogens is 439 g/mol. The molecule has 176 valence electrons. The van der Waals surface area contributed by atoms with Gasteiger partial charge < -0.3 is 19.4 Å². The summed E-state index contributed by atoms with van der Waals surface area (Å²) in [6.45, 7) is 9.99. The van der Waals surface area contributed by atoms with E-state index in [1.807, 2.05) is 29.7 Å². The van der Waals surface area contributed by atoms with Crippen LogP contribution in [0.15, 0.2) is 30.5 Å². The van der Waals surface area contributed by atoms with E-state index in [-0.39, 0.29) is 12.3 Å². The quantitative estimate of drug-likeness (QED) is 0.351. The van der Waals surface area contributed by atoms with Crippen LogP contribution < -0.4 is 10.1 Å². The van der Waals surface area contributed by atoms with E-state index in [1.54, 1.807) is 19.4 Å². The second-order valence-electron chi connectivity index (χ2n) is 9.71. The first-order valence-electron chi connectivity index (χ1n) is 11.2. The summed E-state index contributed by atoms with van der Waals surface area (Å²) in [5.74, 6) is 0.0254. The Balaban J connectivity index is 1.72. The smallest absolute Gasteiger partial charge is 0.231 e. The molecule has 1 amide bonds. The number of rotatable bonds is 9. The molecule has 1 aliphatic rings. The van der Waals surface area contributed by atoms with Crippen molar-refractivity contribution >= 4 is 30.8 Å². The molecule has 9 heteroatoms. The second kappa shape index (κ2) is 9.22. The van der Waals surface area contributed by atoms with Gasteiger partial charge in [0.2, 0.25) is 11.8 Å². The van der Waals surface area contributed by atoms with Gasteiger partial charge in [0.25, 0.3) is 0 Å². The van der Waals surface area contributed by atoms with E-state index >= 15 is 0 Å². The lowest BCUT2D eigenvalue weighted by Gasteiger charge is -2.16. The highest BCUT2D eigenvalue weighted by Crippen LogP contribution is 2.39. The number of pyridine rings is 2. The van der Waals surface area contributed by atoms with E-state index in [2.05, 4.69) is 29.9 Å². The second-order valence-corrected chi connectivity index (χ2v) is 15.3. The molecule has 33 heavy (non-hydrogen) atoms. The zero-order chi connectivity index (χ0) is 23.8. The highest BCUT2D eigenvalue weighted by molar-refractivity contribution is 6.76. The number of hydrogen-bond acceptors (Lipinski definition) is 5. The van der Waals surface area contributed by atoms with Crippen LogP contribution >= 0.6 is 0 Å². The van der Waals surface area contributed by atoms with Crippen molar-refractivity contribution in [2.24, 2.45) is 5.92 Å². The van der Waals surface area contributed by atoms with Gasteiger partial charge in [0.1, 0.15) is 24.4 Å². The third-order valence-corrected chi connectivity index (χ3v) is 7.62. The van der Waals surface area contributed by atoms with Crippen molar-refractivity contribution in [3.05, 3.63) is 36.2 Å². The fourth-order valence-electron chi connectivity index (χ4n) is 3.84. The number of hydrogen-bond donors (Lipinski definition) is 1. The molecule has 1 aliphatic carbocycles. The zero-order valence-electron chi connectivity index (χ0n) is 19.8. The molecule has 3 heterocycles. The zero-order valence-corrected chi connectivity index (χ0v) is 20.8. The summed E-state index contributed by atoms with van der Waals surface area (Å²) in [6.07, 6.45) is 0.918. The van der Waals surface area contributed by atoms with Crippen LogP contribution in [0.3, 0.4) is 0 Å². The van der Waals surface area contributed by atoms with E-state index in [4.69, 9.17) is 14.5 Å². The number of nitrogens with one attached hydrogen (secondary N) is 1. The number of carbonyl (C=O) groups excluding carboxylic acids is 1. The maximum atomic E-state index is 13.3. The minimum absolute atomic E-state index is 0.277. The summed E-state index contributed by atoms with van der Waals surface area (Å²) < 4.78 is 26.9. The molecule has 1 fully saturated rings. The van der Waals surface area contributed by atoms with E-state index in [0.717, 1.165) is 28.3 Å². The topological polar surface area (TPSA) is 78.3 Å². The monoisotopic (exact) mass is 470 g/mol. The molecule has 2 atom stereocenters. The molecule has 0 radical (unpaired) electrons.